The molecular formula is C23H14ClN5O6S2. The molecule has 2 heterocycles. The molecule has 2 amide bonds. The molecule has 1 fully saturated rings. The number of nitro benzene ring substituents is 1. The first kappa shape index (κ1) is 24.6. The molecule has 2 aliphatic rings. The monoisotopic (exact) mass is 555 g/mol. The smallest absolute Gasteiger partial charge is 0.272 e. The third kappa shape index (κ3) is 4.60. The van der Waals surface area contributed by atoms with Gasteiger partial charge in [-0.05, 0) is 66.4 Å². The molecule has 0 radical (unpaired) electrons. The fourth-order valence-corrected chi connectivity index (χ4v) is 5.47. The Labute approximate surface area is 218 Å². The number of primary sulfonamides is 1. The third-order valence-corrected chi connectivity index (χ3v) is 7.66. The number of non-ortho nitro benzene ring substituents is 1. The van der Waals surface area contributed by atoms with Crippen LogP contribution in [0.3, 0.4) is 0 Å². The van der Waals surface area contributed by atoms with E-state index in [0.717, 1.165) is 11.8 Å². The van der Waals surface area contributed by atoms with Crippen molar-refractivity contribution in [3.63, 3.8) is 0 Å². The van der Waals surface area contributed by atoms with E-state index >= 15 is 0 Å². The maximum absolute atomic E-state index is 13.7. The lowest BCUT2D eigenvalue weighted by atomic mass is 10.1. The van der Waals surface area contributed by atoms with Gasteiger partial charge in [0.05, 0.1) is 31.7 Å². The second-order valence-corrected chi connectivity index (χ2v) is 10.8. The van der Waals surface area contributed by atoms with Crippen molar-refractivity contribution < 1.29 is 22.9 Å². The van der Waals surface area contributed by atoms with Crippen LogP contribution in [-0.2, 0) is 19.6 Å². The van der Waals surface area contributed by atoms with Crippen molar-refractivity contribution in [3.05, 3.63) is 92.3 Å². The Hall–Kier alpha value is -4.04. The van der Waals surface area contributed by atoms with E-state index in [2.05, 4.69) is 10.3 Å². The number of amidine groups is 1. The standard InChI is InChI=1S/C23H14ClN5O6S2/c24-12-1-5-14(6-2-12)28-22(31)20(19-17-11-15(29(32)33)7-10-18(17)27-21(19)30)36-23(28)26-13-3-8-16(9-4-13)37(25,34)35/h1-11H,(H,27,30)(H2,25,34,35)/b20-19-,26-23-. The number of carbonyl (C=O) groups excluding carboxylic acids is 2. The number of nitrogens with two attached hydrogens (primary N) is 1. The van der Waals surface area contributed by atoms with Crippen LogP contribution < -0.4 is 15.4 Å². The Balaban J connectivity index is 1.66. The number of hydrogen-bond donors (Lipinski definition) is 2. The van der Waals surface area contributed by atoms with Crippen LogP contribution in [0, 0.1) is 10.1 Å². The van der Waals surface area contributed by atoms with Crippen LogP contribution in [-0.4, -0.2) is 30.3 Å². The number of halogens is 1. The van der Waals surface area contributed by atoms with Gasteiger partial charge in [0, 0.05) is 28.4 Å². The first-order valence-corrected chi connectivity index (χ1v) is 13.1. The summed E-state index contributed by atoms with van der Waals surface area (Å²) in [5.41, 5.74) is 1.05. The number of hydrogen-bond acceptors (Lipinski definition) is 8. The molecule has 11 nitrogen and oxygen atoms in total. The molecule has 0 atom stereocenters. The molecule has 186 valence electrons. The molecule has 3 N–H and O–H groups in total. The van der Waals surface area contributed by atoms with Crippen molar-refractivity contribution in [3.8, 4) is 0 Å². The minimum atomic E-state index is -3.91. The molecule has 3 aromatic carbocycles. The molecule has 0 aliphatic carbocycles. The van der Waals surface area contributed by atoms with E-state index in [4.69, 9.17) is 16.7 Å². The van der Waals surface area contributed by atoms with Gasteiger partial charge in [0.15, 0.2) is 5.17 Å². The molecule has 1 saturated heterocycles. The number of aliphatic imine (C=N–C) groups is 1. The number of carbonyl (C=O) groups is 2. The Bertz CT molecular complexity index is 1670. The van der Waals surface area contributed by atoms with E-state index in [-0.39, 0.29) is 31.8 Å². The SMILES string of the molecule is NS(=O)(=O)c1ccc(/N=C2\S/C(=C3\C(=O)Nc4ccc([N+](=O)[O-])cc43)C(=O)N2c2ccc(Cl)cc2)cc1. The van der Waals surface area contributed by atoms with Crippen LogP contribution >= 0.6 is 23.4 Å². The van der Waals surface area contributed by atoms with Gasteiger partial charge in [0.1, 0.15) is 0 Å². The zero-order chi connectivity index (χ0) is 26.5. The predicted molar refractivity (Wildman–Crippen MR) is 140 cm³/mol. The molecule has 0 bridgehead atoms. The lowest BCUT2D eigenvalue weighted by Gasteiger charge is -2.15. The molecule has 0 saturated carbocycles. The summed E-state index contributed by atoms with van der Waals surface area (Å²) >= 11 is 6.91. The van der Waals surface area contributed by atoms with Crippen molar-refractivity contribution in [2.45, 2.75) is 4.90 Å². The van der Waals surface area contributed by atoms with Crippen LogP contribution in [0.1, 0.15) is 5.56 Å². The molecule has 0 spiro atoms. The molecule has 2 aliphatic heterocycles. The average Bonchev–Trinajstić information content (AvgIpc) is 3.33. The van der Waals surface area contributed by atoms with Crippen molar-refractivity contribution in [1.29, 1.82) is 0 Å². The van der Waals surface area contributed by atoms with Gasteiger partial charge in [-0.25, -0.2) is 18.5 Å². The Morgan fingerprint density at radius 2 is 1.70 bits per heavy atom. The lowest BCUT2D eigenvalue weighted by Crippen LogP contribution is -2.29. The molecule has 14 heteroatoms. The Morgan fingerprint density at radius 1 is 1.03 bits per heavy atom. The third-order valence-electron chi connectivity index (χ3n) is 5.44. The van der Waals surface area contributed by atoms with Crippen LogP contribution in [0.4, 0.5) is 22.7 Å². The maximum Gasteiger partial charge on any atom is 0.272 e. The highest BCUT2D eigenvalue weighted by Gasteiger charge is 2.41. The number of fused-ring (bicyclic) bond motifs is 1. The van der Waals surface area contributed by atoms with E-state index in [0.29, 0.717) is 22.1 Å². The largest absolute Gasteiger partial charge is 0.321 e. The minimum Gasteiger partial charge on any atom is -0.321 e. The van der Waals surface area contributed by atoms with E-state index in [1.165, 1.54) is 47.4 Å². The fourth-order valence-electron chi connectivity index (χ4n) is 3.73. The van der Waals surface area contributed by atoms with Gasteiger partial charge < -0.3 is 5.32 Å². The second-order valence-electron chi connectivity index (χ2n) is 7.80. The van der Waals surface area contributed by atoms with Gasteiger partial charge in [0.25, 0.3) is 17.5 Å². The number of nitro groups is 1. The van der Waals surface area contributed by atoms with Gasteiger partial charge in [-0.2, -0.15) is 0 Å². The average molecular weight is 556 g/mol. The van der Waals surface area contributed by atoms with E-state index in [1.54, 1.807) is 24.3 Å². The number of sulfonamides is 1. The first-order chi connectivity index (χ1) is 17.5. The summed E-state index contributed by atoms with van der Waals surface area (Å²) in [6.45, 7) is 0. The normalized spacial score (nSPS) is 18.3. The summed E-state index contributed by atoms with van der Waals surface area (Å²) in [7, 11) is -3.91. The number of anilines is 2. The number of nitrogens with zero attached hydrogens (tertiary/aromatic N) is 3. The van der Waals surface area contributed by atoms with E-state index in [1.807, 2.05) is 0 Å². The zero-order valence-corrected chi connectivity index (χ0v) is 20.8. The van der Waals surface area contributed by atoms with E-state index < -0.39 is 26.8 Å². The van der Waals surface area contributed by atoms with Crippen LogP contribution in [0.25, 0.3) is 5.57 Å². The van der Waals surface area contributed by atoms with Gasteiger partial charge in [0.2, 0.25) is 10.0 Å². The summed E-state index contributed by atoms with van der Waals surface area (Å²) in [4.78, 5) is 43.0. The van der Waals surface area contributed by atoms with Gasteiger partial charge in [-0.15, -0.1) is 0 Å². The highest BCUT2D eigenvalue weighted by molar-refractivity contribution is 8.19. The fraction of sp³-hybridized carbons (Fsp3) is 0. The Kier molecular flexibility index (Phi) is 6.07. The predicted octanol–water partition coefficient (Wildman–Crippen LogP) is 4.03. The van der Waals surface area contributed by atoms with E-state index in [9.17, 15) is 28.1 Å². The number of benzene rings is 3. The van der Waals surface area contributed by atoms with Gasteiger partial charge >= 0.3 is 0 Å². The Morgan fingerprint density at radius 3 is 2.32 bits per heavy atom. The molecule has 0 unspecified atom stereocenters. The maximum atomic E-state index is 13.7. The molecule has 3 aromatic rings. The number of nitrogens with one attached hydrogen (secondary N) is 1. The zero-order valence-electron chi connectivity index (χ0n) is 18.4. The van der Waals surface area contributed by atoms with Crippen molar-refractivity contribution in [2.75, 3.05) is 10.2 Å². The van der Waals surface area contributed by atoms with Crippen molar-refractivity contribution in [1.82, 2.24) is 0 Å². The van der Waals surface area contributed by atoms with Crippen molar-refractivity contribution >= 4 is 78.7 Å². The highest BCUT2D eigenvalue weighted by Crippen LogP contribution is 2.45. The lowest BCUT2D eigenvalue weighted by molar-refractivity contribution is -0.384. The summed E-state index contributed by atoms with van der Waals surface area (Å²) < 4.78 is 23.1. The summed E-state index contributed by atoms with van der Waals surface area (Å²) in [5.74, 6) is -1.15. The van der Waals surface area contributed by atoms with Crippen LogP contribution in [0.2, 0.25) is 5.02 Å². The van der Waals surface area contributed by atoms with Crippen LogP contribution in [0.5, 0.6) is 0 Å². The highest BCUT2D eigenvalue weighted by atomic mass is 35.5. The number of thioether (sulfide) groups is 1. The second kappa shape index (κ2) is 9.12. The first-order valence-electron chi connectivity index (χ1n) is 10.4. The number of rotatable bonds is 4. The molecule has 37 heavy (non-hydrogen) atoms. The van der Waals surface area contributed by atoms with Gasteiger partial charge in [-0.3, -0.25) is 24.6 Å². The van der Waals surface area contributed by atoms with Gasteiger partial charge in [-0.1, -0.05) is 11.6 Å². The van der Waals surface area contributed by atoms with Crippen LogP contribution in [0.15, 0.2) is 81.5 Å². The quantitative estimate of drug-likeness (QED) is 0.278. The number of amides is 2. The molecular weight excluding hydrogens is 542 g/mol. The minimum absolute atomic E-state index is 0.0116. The molecule has 5 rings (SSSR count). The topological polar surface area (TPSA) is 165 Å². The summed E-state index contributed by atoms with van der Waals surface area (Å²) in [5, 5.41) is 19.7. The summed E-state index contributed by atoms with van der Waals surface area (Å²) in [6, 6.07) is 15.7. The molecule has 0 aromatic heterocycles. The van der Waals surface area contributed by atoms with Crippen molar-refractivity contribution in [2.24, 2.45) is 10.1 Å². The summed E-state index contributed by atoms with van der Waals surface area (Å²) in [6.07, 6.45) is 0.